The van der Waals surface area contributed by atoms with E-state index in [0.717, 1.165) is 11.3 Å². The number of nitrogens with zero attached hydrogens (tertiary/aromatic N) is 5. The molecule has 3 aliphatic heterocycles. The summed E-state index contributed by atoms with van der Waals surface area (Å²) < 4.78 is 50.1. The maximum atomic E-state index is 17.0. The highest BCUT2D eigenvalue weighted by Crippen LogP contribution is 2.47. The molecule has 14 heteroatoms. The van der Waals surface area contributed by atoms with Crippen LogP contribution in [0.15, 0.2) is 18.3 Å². The van der Waals surface area contributed by atoms with Crippen LogP contribution < -0.4 is 10.2 Å². The highest BCUT2D eigenvalue weighted by Gasteiger charge is 2.43. The molecule has 0 spiro atoms. The number of anilines is 2. The molecule has 0 aliphatic carbocycles. The molecule has 0 bridgehead atoms. The zero-order chi connectivity index (χ0) is 35.0. The van der Waals surface area contributed by atoms with E-state index in [0.29, 0.717) is 53.3 Å². The molecule has 1 N–H and O–H groups in total. The number of fused-ring (bicyclic) bond motifs is 5. The summed E-state index contributed by atoms with van der Waals surface area (Å²) in [5.41, 5.74) is -0.354. The Kier molecular flexibility index (Phi) is 7.91. The molecular formula is C35H36F2N6O5S. The summed E-state index contributed by atoms with van der Waals surface area (Å²) in [6, 6.07) is 4.82. The van der Waals surface area contributed by atoms with Crippen LogP contribution in [-0.4, -0.2) is 64.4 Å². The zero-order valence-electron chi connectivity index (χ0n) is 28.1. The van der Waals surface area contributed by atoms with Crippen LogP contribution in [0.3, 0.4) is 0 Å². The number of ether oxygens (including phenoxy) is 3. The smallest absolute Gasteiger partial charge is 0.412 e. The lowest BCUT2D eigenvalue weighted by atomic mass is 9.90. The normalized spacial score (nSPS) is 18.9. The fourth-order valence-electron chi connectivity index (χ4n) is 6.95. The average molecular weight is 691 g/mol. The van der Waals surface area contributed by atoms with Gasteiger partial charge in [-0.1, -0.05) is 0 Å². The van der Waals surface area contributed by atoms with Gasteiger partial charge in [0.25, 0.3) is 0 Å². The Balaban J connectivity index is 1.27. The van der Waals surface area contributed by atoms with Crippen molar-refractivity contribution in [1.29, 1.82) is 5.26 Å². The molecule has 2 fully saturated rings. The lowest BCUT2D eigenvalue weighted by Gasteiger charge is -2.26. The van der Waals surface area contributed by atoms with Crippen LogP contribution in [0, 0.1) is 34.8 Å². The van der Waals surface area contributed by atoms with E-state index in [1.54, 1.807) is 31.9 Å². The van der Waals surface area contributed by atoms with Crippen LogP contribution in [0.4, 0.5) is 29.3 Å². The zero-order valence-corrected chi connectivity index (χ0v) is 28.9. The Morgan fingerprint density at radius 2 is 1.67 bits per heavy atom. The second-order valence-corrected chi connectivity index (χ2v) is 15.8. The van der Waals surface area contributed by atoms with Gasteiger partial charge in [-0.05, 0) is 64.8 Å². The van der Waals surface area contributed by atoms with E-state index in [-0.39, 0.29) is 63.7 Å². The first-order chi connectivity index (χ1) is 23.1. The van der Waals surface area contributed by atoms with E-state index >= 15 is 8.78 Å². The summed E-state index contributed by atoms with van der Waals surface area (Å²) in [4.78, 5) is 38.3. The van der Waals surface area contributed by atoms with Gasteiger partial charge in [0.2, 0.25) is 5.95 Å². The SMILES string of the molecule is CC(C)(C)OC(=O)Nc1sc2ccc(F)c(-c3c4c(c5cnc(N6C[C@H]7CN(C(=O)OC(C)(C)C)C[C@H]7C6)nc5c3F)COC4)c2c1C#N. The van der Waals surface area contributed by atoms with Crippen molar-refractivity contribution in [2.45, 2.75) is 66.0 Å². The number of amides is 2. The highest BCUT2D eigenvalue weighted by atomic mass is 32.1. The molecule has 2 aromatic heterocycles. The van der Waals surface area contributed by atoms with Crippen molar-refractivity contribution < 1.29 is 32.6 Å². The number of likely N-dealkylation sites (tertiary alicyclic amines) is 1. The summed E-state index contributed by atoms with van der Waals surface area (Å²) >= 11 is 1.08. The van der Waals surface area contributed by atoms with Gasteiger partial charge in [0.05, 0.1) is 18.8 Å². The van der Waals surface area contributed by atoms with Crippen LogP contribution in [0.2, 0.25) is 0 Å². The summed E-state index contributed by atoms with van der Waals surface area (Å²) in [7, 11) is 0. The first-order valence-corrected chi connectivity index (χ1v) is 16.9. The summed E-state index contributed by atoms with van der Waals surface area (Å²) in [5.74, 6) is -0.779. The third-order valence-electron chi connectivity index (χ3n) is 8.89. The standard InChI is InChI=1S/C35H36F2N6O5S/c1-34(2,3)47-32(44)41-30-19(9-38)25-24(49-30)8-7-23(36)27(25)26-22-16-46-15-21(22)20-10-39-31(40-29(20)28(26)37)42-11-17-13-43(14-18(17)12-42)33(45)48-35(4,5)6/h7-8,10,17-18H,11-16H2,1-6H3,(H,41,44)/t17-,18+. The Hall–Kier alpha value is -4.61. The largest absolute Gasteiger partial charge is 0.444 e. The second kappa shape index (κ2) is 11.8. The number of benzene rings is 2. The monoisotopic (exact) mass is 690 g/mol. The molecule has 5 heterocycles. The van der Waals surface area contributed by atoms with Gasteiger partial charge in [-0.3, -0.25) is 5.32 Å². The highest BCUT2D eigenvalue weighted by molar-refractivity contribution is 7.23. The quantitative estimate of drug-likeness (QED) is 0.235. The molecule has 49 heavy (non-hydrogen) atoms. The lowest BCUT2D eigenvalue weighted by Crippen LogP contribution is -2.37. The minimum absolute atomic E-state index is 0.0000643. The number of hydrogen-bond acceptors (Lipinski definition) is 10. The maximum absolute atomic E-state index is 17.0. The van der Waals surface area contributed by atoms with Crippen molar-refractivity contribution in [3.05, 3.63) is 46.7 Å². The molecular weight excluding hydrogens is 654 g/mol. The van der Waals surface area contributed by atoms with Crippen molar-refractivity contribution in [3.63, 3.8) is 0 Å². The minimum Gasteiger partial charge on any atom is -0.444 e. The first-order valence-electron chi connectivity index (χ1n) is 16.1. The Morgan fingerprint density at radius 3 is 2.33 bits per heavy atom. The molecule has 0 unspecified atom stereocenters. The summed E-state index contributed by atoms with van der Waals surface area (Å²) in [6.07, 6.45) is 0.488. The number of carbonyl (C=O) groups is 2. The summed E-state index contributed by atoms with van der Waals surface area (Å²) in [6.45, 7) is 13.1. The van der Waals surface area contributed by atoms with Gasteiger partial charge in [-0.25, -0.2) is 28.3 Å². The van der Waals surface area contributed by atoms with Crippen LogP contribution >= 0.6 is 11.3 Å². The minimum atomic E-state index is -0.783. The number of thiophene rings is 1. The number of aromatic nitrogens is 2. The van der Waals surface area contributed by atoms with Crippen molar-refractivity contribution in [2.75, 3.05) is 36.4 Å². The number of nitrogens with one attached hydrogen (secondary N) is 1. The van der Waals surface area contributed by atoms with Gasteiger partial charge in [-0.2, -0.15) is 5.26 Å². The molecule has 7 rings (SSSR count). The molecule has 2 aromatic carbocycles. The summed E-state index contributed by atoms with van der Waals surface area (Å²) in [5, 5.41) is 13.7. The van der Waals surface area contributed by atoms with E-state index in [2.05, 4.69) is 16.4 Å². The van der Waals surface area contributed by atoms with Gasteiger partial charge in [0.1, 0.15) is 33.6 Å². The number of nitriles is 1. The fraction of sp³-hybridized carbons (Fsp3) is 0.457. The van der Waals surface area contributed by atoms with Gasteiger partial charge >= 0.3 is 12.2 Å². The molecule has 0 radical (unpaired) electrons. The lowest BCUT2D eigenvalue weighted by molar-refractivity contribution is 0.0282. The predicted molar refractivity (Wildman–Crippen MR) is 180 cm³/mol. The molecule has 2 atom stereocenters. The Bertz CT molecular complexity index is 2070. The predicted octanol–water partition coefficient (Wildman–Crippen LogP) is 7.34. The number of hydrogen-bond donors (Lipinski definition) is 1. The van der Waals surface area contributed by atoms with E-state index in [9.17, 15) is 14.9 Å². The third-order valence-corrected chi connectivity index (χ3v) is 9.96. The van der Waals surface area contributed by atoms with Crippen molar-refractivity contribution in [2.24, 2.45) is 11.8 Å². The van der Waals surface area contributed by atoms with Gasteiger partial charge in [0.15, 0.2) is 5.82 Å². The third kappa shape index (κ3) is 5.99. The fourth-order valence-corrected chi connectivity index (χ4v) is 8.00. The van der Waals surface area contributed by atoms with Crippen molar-refractivity contribution in [1.82, 2.24) is 14.9 Å². The molecule has 11 nitrogen and oxygen atoms in total. The van der Waals surface area contributed by atoms with E-state index in [4.69, 9.17) is 19.2 Å². The second-order valence-electron chi connectivity index (χ2n) is 14.7. The molecule has 256 valence electrons. The van der Waals surface area contributed by atoms with Crippen LogP contribution in [0.25, 0.3) is 32.1 Å². The van der Waals surface area contributed by atoms with E-state index in [1.165, 1.54) is 12.1 Å². The van der Waals surface area contributed by atoms with Gasteiger partial charge < -0.3 is 24.0 Å². The van der Waals surface area contributed by atoms with Gasteiger partial charge in [0, 0.05) is 70.8 Å². The number of rotatable bonds is 3. The Morgan fingerprint density at radius 1 is 1.00 bits per heavy atom. The number of halogens is 2. The Labute approximate surface area is 285 Å². The number of carbonyl (C=O) groups excluding carboxylic acids is 2. The van der Waals surface area contributed by atoms with Gasteiger partial charge in [-0.15, -0.1) is 11.3 Å². The van der Waals surface area contributed by atoms with Crippen LogP contribution in [0.1, 0.15) is 58.2 Å². The van der Waals surface area contributed by atoms with Crippen LogP contribution in [-0.2, 0) is 27.4 Å². The van der Waals surface area contributed by atoms with Crippen molar-refractivity contribution in [3.8, 4) is 17.2 Å². The average Bonchev–Trinajstić information content (AvgIpc) is 3.78. The van der Waals surface area contributed by atoms with E-state index < -0.39 is 28.9 Å². The molecule has 3 aliphatic rings. The topological polar surface area (TPSA) is 130 Å². The molecule has 4 aromatic rings. The maximum Gasteiger partial charge on any atom is 0.412 e. The molecule has 2 saturated heterocycles. The first kappa shape index (κ1) is 32.9. The van der Waals surface area contributed by atoms with Crippen LogP contribution in [0.5, 0.6) is 0 Å². The van der Waals surface area contributed by atoms with Crippen molar-refractivity contribution >= 4 is 55.5 Å². The van der Waals surface area contributed by atoms with E-state index in [1.807, 2.05) is 25.7 Å². The molecule has 2 amide bonds. The molecule has 0 saturated carbocycles.